The molecule has 0 saturated carbocycles. The molecule has 0 spiro atoms. The lowest BCUT2D eigenvalue weighted by molar-refractivity contribution is -0.144. The number of carbonyl (C=O) groups is 3. The Morgan fingerprint density at radius 1 is 1.23 bits per heavy atom. The summed E-state index contributed by atoms with van der Waals surface area (Å²) in [6, 6.07) is 12.3. The van der Waals surface area contributed by atoms with Crippen LogP contribution in [0.4, 0.5) is 0 Å². The van der Waals surface area contributed by atoms with Crippen LogP contribution in [0.2, 0.25) is 0 Å². The van der Waals surface area contributed by atoms with E-state index in [2.05, 4.69) is 5.43 Å². The second kappa shape index (κ2) is 8.97. The Morgan fingerprint density at radius 2 is 1.97 bits per heavy atom. The van der Waals surface area contributed by atoms with Crippen molar-refractivity contribution in [1.29, 1.82) is 0 Å². The first-order chi connectivity index (χ1) is 14.2. The number of hydrogen-bond acceptors (Lipinski definition) is 7. The van der Waals surface area contributed by atoms with Gasteiger partial charge in [0.1, 0.15) is 11.5 Å². The number of hydrazine groups is 1. The third kappa shape index (κ3) is 4.97. The van der Waals surface area contributed by atoms with Crippen LogP contribution < -0.4 is 10.2 Å². The normalized spacial score (nSPS) is 15.9. The van der Waals surface area contributed by atoms with Gasteiger partial charge in [-0.2, -0.15) is 5.01 Å². The molecule has 8 nitrogen and oxygen atoms in total. The van der Waals surface area contributed by atoms with Gasteiger partial charge in [0.05, 0.1) is 4.91 Å². The van der Waals surface area contributed by atoms with E-state index in [9.17, 15) is 19.5 Å². The number of hydrogen-bond donors (Lipinski definition) is 3. The molecule has 0 radical (unpaired) electrons. The summed E-state index contributed by atoms with van der Waals surface area (Å²) >= 11 is 6.20. The zero-order valence-electron chi connectivity index (χ0n) is 15.6. The fourth-order valence-electron chi connectivity index (χ4n) is 2.46. The molecule has 2 amide bonds. The molecule has 0 bridgehead atoms. The average Bonchev–Trinajstić information content (AvgIpc) is 2.95. The third-order valence-electron chi connectivity index (χ3n) is 3.93. The van der Waals surface area contributed by atoms with E-state index in [-0.39, 0.29) is 20.5 Å². The highest BCUT2D eigenvalue weighted by molar-refractivity contribution is 8.26. The second-order valence-electron chi connectivity index (χ2n) is 6.18. The first-order valence-corrected chi connectivity index (χ1v) is 9.84. The predicted molar refractivity (Wildman–Crippen MR) is 115 cm³/mol. The maximum Gasteiger partial charge on any atom is 0.344 e. The highest BCUT2D eigenvalue weighted by Gasteiger charge is 2.33. The molecule has 1 aliphatic heterocycles. The van der Waals surface area contributed by atoms with Crippen molar-refractivity contribution in [3.63, 3.8) is 0 Å². The molecule has 0 aromatic heterocycles. The predicted octanol–water partition coefficient (Wildman–Crippen LogP) is 2.79. The lowest BCUT2D eigenvalue weighted by Gasteiger charge is -2.15. The number of nitrogens with one attached hydrogen (secondary N) is 1. The van der Waals surface area contributed by atoms with Gasteiger partial charge in [0.25, 0.3) is 11.8 Å². The van der Waals surface area contributed by atoms with Crippen molar-refractivity contribution >= 4 is 52.2 Å². The molecule has 3 N–H and O–H groups in total. The van der Waals surface area contributed by atoms with Gasteiger partial charge in [-0.3, -0.25) is 15.0 Å². The molecule has 154 valence electrons. The van der Waals surface area contributed by atoms with E-state index >= 15 is 0 Å². The summed E-state index contributed by atoms with van der Waals surface area (Å²) in [6.07, 6.45) is 0.545. The van der Waals surface area contributed by atoms with Crippen molar-refractivity contribution in [2.24, 2.45) is 0 Å². The standard InChI is InChI=1S/C20H16N2O6S2/c1-11(19(26)27)28-15-7-2-4-12(8-15)9-16-18(25)22(20(29)30-16)21-17(24)13-5-3-6-14(23)10-13/h2-11,23H,1H3,(H,21,24)(H,26,27)/b16-9-. The van der Waals surface area contributed by atoms with Gasteiger partial charge in [0.15, 0.2) is 10.4 Å². The molecule has 1 heterocycles. The van der Waals surface area contributed by atoms with Crippen LogP contribution >= 0.6 is 24.0 Å². The van der Waals surface area contributed by atoms with E-state index in [0.29, 0.717) is 11.3 Å². The number of carboxylic acid groups (broad SMARTS) is 1. The minimum atomic E-state index is -1.09. The fourth-order valence-corrected chi connectivity index (χ4v) is 3.64. The van der Waals surface area contributed by atoms with Gasteiger partial charge in [-0.05, 0) is 61.1 Å². The number of aromatic hydroxyl groups is 1. The highest BCUT2D eigenvalue weighted by atomic mass is 32.2. The fraction of sp³-hybridized carbons (Fsp3) is 0.100. The van der Waals surface area contributed by atoms with Crippen LogP contribution in [-0.2, 0) is 9.59 Å². The van der Waals surface area contributed by atoms with Crippen molar-refractivity contribution in [2.75, 3.05) is 0 Å². The van der Waals surface area contributed by atoms with Crippen LogP contribution in [0.1, 0.15) is 22.8 Å². The number of aliphatic carboxylic acids is 1. The molecule has 30 heavy (non-hydrogen) atoms. The number of ether oxygens (including phenoxy) is 1. The van der Waals surface area contributed by atoms with Crippen molar-refractivity contribution in [2.45, 2.75) is 13.0 Å². The van der Waals surface area contributed by atoms with E-state index in [1.165, 1.54) is 31.2 Å². The third-order valence-corrected chi connectivity index (χ3v) is 5.23. The molecule has 1 unspecified atom stereocenters. The van der Waals surface area contributed by atoms with E-state index in [1.807, 2.05) is 0 Å². The van der Waals surface area contributed by atoms with Crippen LogP contribution in [0.25, 0.3) is 6.08 Å². The maximum absolute atomic E-state index is 12.7. The molecule has 1 atom stereocenters. The Kier molecular flexibility index (Phi) is 6.38. The van der Waals surface area contributed by atoms with Gasteiger partial charge in [-0.1, -0.05) is 30.0 Å². The van der Waals surface area contributed by atoms with E-state index < -0.39 is 23.9 Å². The average molecular weight is 444 g/mol. The Morgan fingerprint density at radius 3 is 2.67 bits per heavy atom. The number of amides is 2. The monoisotopic (exact) mass is 444 g/mol. The molecule has 2 aromatic rings. The van der Waals surface area contributed by atoms with Crippen LogP contribution in [0, 0.1) is 0 Å². The van der Waals surface area contributed by atoms with Crippen molar-refractivity contribution in [3.8, 4) is 11.5 Å². The minimum absolute atomic E-state index is 0.0766. The van der Waals surface area contributed by atoms with E-state index in [1.54, 1.807) is 30.3 Å². The molecule has 0 aliphatic carbocycles. The number of phenols is 1. The number of thiocarbonyl (C=S) groups is 1. The summed E-state index contributed by atoms with van der Waals surface area (Å²) in [6.45, 7) is 1.41. The van der Waals surface area contributed by atoms with Crippen molar-refractivity contribution < 1.29 is 29.3 Å². The summed E-state index contributed by atoms with van der Waals surface area (Å²) in [5.41, 5.74) is 3.20. The number of phenolic OH excluding ortho intramolecular Hbond substituents is 1. The second-order valence-corrected chi connectivity index (χ2v) is 7.85. The van der Waals surface area contributed by atoms with Gasteiger partial charge in [-0.15, -0.1) is 0 Å². The van der Waals surface area contributed by atoms with Crippen molar-refractivity contribution in [1.82, 2.24) is 10.4 Å². The Hall–Kier alpha value is -3.37. The summed E-state index contributed by atoms with van der Waals surface area (Å²) in [4.78, 5) is 36.2. The van der Waals surface area contributed by atoms with E-state index in [0.717, 1.165) is 16.8 Å². The number of thioether (sulfide) groups is 1. The SMILES string of the molecule is CC(Oc1cccc(/C=C2\SC(=S)N(NC(=O)c3cccc(O)c3)C2=O)c1)C(=O)O. The summed E-state index contributed by atoms with van der Waals surface area (Å²) in [5.74, 6) is -1.94. The molecule has 2 aromatic carbocycles. The Labute approximate surface area is 181 Å². The van der Waals surface area contributed by atoms with Crippen LogP contribution in [0.5, 0.6) is 11.5 Å². The number of benzene rings is 2. The Balaban J connectivity index is 1.75. The largest absolute Gasteiger partial charge is 0.508 e. The highest BCUT2D eigenvalue weighted by Crippen LogP contribution is 2.32. The van der Waals surface area contributed by atoms with Crippen LogP contribution in [-0.4, -0.2) is 43.4 Å². The minimum Gasteiger partial charge on any atom is -0.508 e. The van der Waals surface area contributed by atoms with Gasteiger partial charge in [0, 0.05) is 5.56 Å². The van der Waals surface area contributed by atoms with Crippen LogP contribution in [0.3, 0.4) is 0 Å². The van der Waals surface area contributed by atoms with Gasteiger partial charge in [0.2, 0.25) is 0 Å². The lowest BCUT2D eigenvalue weighted by atomic mass is 10.2. The number of rotatable bonds is 6. The summed E-state index contributed by atoms with van der Waals surface area (Å²) in [5, 5.41) is 19.4. The first-order valence-electron chi connectivity index (χ1n) is 8.62. The Bertz CT molecular complexity index is 1070. The molecular weight excluding hydrogens is 428 g/mol. The summed E-state index contributed by atoms with van der Waals surface area (Å²) < 4.78 is 5.47. The smallest absolute Gasteiger partial charge is 0.344 e. The topological polar surface area (TPSA) is 116 Å². The first kappa shape index (κ1) is 21.3. The van der Waals surface area contributed by atoms with Crippen molar-refractivity contribution in [3.05, 3.63) is 64.6 Å². The lowest BCUT2D eigenvalue weighted by Crippen LogP contribution is -2.44. The zero-order valence-corrected chi connectivity index (χ0v) is 17.2. The summed E-state index contributed by atoms with van der Waals surface area (Å²) in [7, 11) is 0. The molecular formula is C20H16N2O6S2. The quantitative estimate of drug-likeness (QED) is 0.460. The number of carboxylic acids is 1. The molecule has 1 saturated heterocycles. The maximum atomic E-state index is 12.7. The molecule has 10 heteroatoms. The van der Waals surface area contributed by atoms with Gasteiger partial charge < -0.3 is 14.9 Å². The number of carbonyl (C=O) groups excluding carboxylic acids is 2. The molecule has 1 fully saturated rings. The van der Waals surface area contributed by atoms with Gasteiger partial charge >= 0.3 is 5.97 Å². The van der Waals surface area contributed by atoms with Gasteiger partial charge in [-0.25, -0.2) is 4.79 Å². The molecule has 1 aliphatic rings. The van der Waals surface area contributed by atoms with Crippen LogP contribution in [0.15, 0.2) is 53.4 Å². The van der Waals surface area contributed by atoms with E-state index in [4.69, 9.17) is 22.1 Å². The number of nitrogens with zero attached hydrogens (tertiary/aromatic N) is 1. The molecule has 3 rings (SSSR count). The zero-order chi connectivity index (χ0) is 21.8.